The molecule has 2 aromatic rings. The first-order valence-electron chi connectivity index (χ1n) is 8.80. The van der Waals surface area contributed by atoms with E-state index in [0.29, 0.717) is 11.5 Å². The molecule has 2 aliphatic heterocycles. The molecule has 23 heavy (non-hydrogen) atoms. The average Bonchev–Trinajstić information content (AvgIpc) is 3.22. The topological polar surface area (TPSA) is 41.3 Å². The molecule has 5 heteroatoms. The van der Waals surface area contributed by atoms with Crippen LogP contribution in [0.1, 0.15) is 43.7 Å². The van der Waals surface area contributed by atoms with Crippen molar-refractivity contribution < 1.29 is 8.91 Å². The van der Waals surface area contributed by atoms with Crippen molar-refractivity contribution in [2.75, 3.05) is 26.2 Å². The largest absolute Gasteiger partial charge is 0.356 e. The zero-order chi connectivity index (χ0) is 15.6. The maximum Gasteiger partial charge on any atom is 0.167 e. The number of aromatic nitrogens is 1. The molecule has 1 aromatic carbocycles. The molecule has 2 fully saturated rings. The van der Waals surface area contributed by atoms with Crippen molar-refractivity contribution in [2.45, 2.75) is 44.1 Å². The molecule has 1 unspecified atom stereocenters. The highest BCUT2D eigenvalue weighted by molar-refractivity contribution is 5.79. The molecule has 0 spiro atoms. The number of fused-ring (bicyclic) bond motifs is 1. The van der Waals surface area contributed by atoms with Crippen LogP contribution in [0.2, 0.25) is 0 Å². The molecule has 1 aromatic heterocycles. The quantitative estimate of drug-likeness (QED) is 0.939. The summed E-state index contributed by atoms with van der Waals surface area (Å²) in [6.07, 6.45) is 6.06. The fraction of sp³-hybridized carbons (Fsp3) is 0.611. The average molecular weight is 317 g/mol. The zero-order valence-electron chi connectivity index (χ0n) is 13.4. The molecular formula is C18H24FN3O. The van der Waals surface area contributed by atoms with Crippen LogP contribution in [0.25, 0.3) is 11.0 Å². The molecule has 0 saturated carbocycles. The summed E-state index contributed by atoms with van der Waals surface area (Å²) in [7, 11) is 0. The molecule has 0 radical (unpaired) electrons. The molecule has 3 heterocycles. The van der Waals surface area contributed by atoms with Crippen molar-refractivity contribution >= 4 is 11.0 Å². The number of hydrogen-bond donors (Lipinski definition) is 1. The monoisotopic (exact) mass is 317 g/mol. The Labute approximate surface area is 136 Å². The predicted molar refractivity (Wildman–Crippen MR) is 88.0 cm³/mol. The summed E-state index contributed by atoms with van der Waals surface area (Å²) in [4.78, 5) is 2.55. The maximum atomic E-state index is 13.5. The predicted octanol–water partition coefficient (Wildman–Crippen LogP) is 3.29. The molecule has 0 aliphatic carbocycles. The van der Waals surface area contributed by atoms with Crippen LogP contribution in [0.15, 0.2) is 22.7 Å². The minimum absolute atomic E-state index is 0.219. The minimum Gasteiger partial charge on any atom is -0.356 e. The van der Waals surface area contributed by atoms with Gasteiger partial charge in [0.25, 0.3) is 0 Å². The van der Waals surface area contributed by atoms with Gasteiger partial charge in [-0.25, -0.2) is 4.39 Å². The molecule has 124 valence electrons. The highest BCUT2D eigenvalue weighted by atomic mass is 19.1. The molecule has 4 rings (SSSR count). The van der Waals surface area contributed by atoms with Crippen molar-refractivity contribution in [1.82, 2.24) is 15.4 Å². The van der Waals surface area contributed by atoms with Crippen LogP contribution >= 0.6 is 0 Å². The van der Waals surface area contributed by atoms with E-state index in [1.165, 1.54) is 38.4 Å². The number of likely N-dealkylation sites (tertiary alicyclic amines) is 1. The van der Waals surface area contributed by atoms with Crippen LogP contribution in [-0.2, 0) is 0 Å². The Morgan fingerprint density at radius 2 is 2.13 bits per heavy atom. The summed E-state index contributed by atoms with van der Waals surface area (Å²) in [5.41, 5.74) is 1.63. The standard InChI is InChI=1S/C18H24FN3O/c19-14-3-4-17-16(12-14)18(21-23-17)13-5-9-22(10-6-13)11-7-15-2-1-8-20-15/h3-4,12-13,15,20H,1-2,5-11H2. The highest BCUT2D eigenvalue weighted by Crippen LogP contribution is 2.32. The maximum absolute atomic E-state index is 13.5. The van der Waals surface area contributed by atoms with Gasteiger partial charge in [-0.3, -0.25) is 0 Å². The normalized spacial score (nSPS) is 23.8. The summed E-state index contributed by atoms with van der Waals surface area (Å²) >= 11 is 0. The van der Waals surface area contributed by atoms with Crippen LogP contribution in [0.5, 0.6) is 0 Å². The van der Waals surface area contributed by atoms with E-state index in [1.807, 2.05) is 0 Å². The first-order valence-corrected chi connectivity index (χ1v) is 8.80. The lowest BCUT2D eigenvalue weighted by Gasteiger charge is -2.31. The number of nitrogens with one attached hydrogen (secondary N) is 1. The van der Waals surface area contributed by atoms with E-state index in [-0.39, 0.29) is 5.82 Å². The van der Waals surface area contributed by atoms with E-state index in [0.717, 1.165) is 43.1 Å². The molecule has 0 bridgehead atoms. The second-order valence-corrected chi connectivity index (χ2v) is 6.91. The van der Waals surface area contributed by atoms with E-state index in [9.17, 15) is 4.39 Å². The van der Waals surface area contributed by atoms with Gasteiger partial charge in [-0.05, 0) is 76.5 Å². The number of halogens is 1. The van der Waals surface area contributed by atoms with Crippen LogP contribution in [-0.4, -0.2) is 42.3 Å². The fourth-order valence-electron chi connectivity index (χ4n) is 4.00. The summed E-state index contributed by atoms with van der Waals surface area (Å²) in [6, 6.07) is 5.37. The van der Waals surface area contributed by atoms with Crippen LogP contribution < -0.4 is 5.32 Å². The molecule has 1 atom stereocenters. The Bertz CT molecular complexity index is 657. The minimum atomic E-state index is -0.219. The SMILES string of the molecule is Fc1ccc2onc(C3CCN(CCC4CCCN4)CC3)c2c1. The van der Waals surface area contributed by atoms with E-state index in [1.54, 1.807) is 12.1 Å². The smallest absolute Gasteiger partial charge is 0.167 e. The van der Waals surface area contributed by atoms with Gasteiger partial charge in [0.05, 0.1) is 5.69 Å². The van der Waals surface area contributed by atoms with E-state index < -0.39 is 0 Å². The van der Waals surface area contributed by atoms with Crippen LogP contribution in [0.3, 0.4) is 0 Å². The van der Waals surface area contributed by atoms with Crippen molar-refractivity contribution in [3.63, 3.8) is 0 Å². The Morgan fingerprint density at radius 1 is 1.26 bits per heavy atom. The van der Waals surface area contributed by atoms with Crippen LogP contribution in [0.4, 0.5) is 4.39 Å². The first-order chi connectivity index (χ1) is 11.3. The van der Waals surface area contributed by atoms with E-state index >= 15 is 0 Å². The van der Waals surface area contributed by atoms with Gasteiger partial charge in [0.1, 0.15) is 5.82 Å². The van der Waals surface area contributed by atoms with Crippen molar-refractivity contribution in [1.29, 1.82) is 0 Å². The lowest BCUT2D eigenvalue weighted by atomic mass is 9.91. The number of hydrogen-bond acceptors (Lipinski definition) is 4. The van der Waals surface area contributed by atoms with Gasteiger partial charge in [0, 0.05) is 17.3 Å². The molecule has 4 nitrogen and oxygen atoms in total. The van der Waals surface area contributed by atoms with Crippen molar-refractivity contribution in [2.24, 2.45) is 0 Å². The van der Waals surface area contributed by atoms with Crippen LogP contribution in [0, 0.1) is 5.82 Å². The van der Waals surface area contributed by atoms with Crippen molar-refractivity contribution in [3.8, 4) is 0 Å². The molecular weight excluding hydrogens is 293 g/mol. The van der Waals surface area contributed by atoms with Gasteiger partial charge in [0.15, 0.2) is 5.58 Å². The van der Waals surface area contributed by atoms with Gasteiger partial charge in [0.2, 0.25) is 0 Å². The van der Waals surface area contributed by atoms with E-state index in [2.05, 4.69) is 15.4 Å². The number of benzene rings is 1. The highest BCUT2D eigenvalue weighted by Gasteiger charge is 2.25. The van der Waals surface area contributed by atoms with Crippen molar-refractivity contribution in [3.05, 3.63) is 29.7 Å². The lowest BCUT2D eigenvalue weighted by Crippen LogP contribution is -2.36. The second kappa shape index (κ2) is 6.57. The van der Waals surface area contributed by atoms with Gasteiger partial charge < -0.3 is 14.7 Å². The second-order valence-electron chi connectivity index (χ2n) is 6.91. The summed E-state index contributed by atoms with van der Waals surface area (Å²) in [5, 5.41) is 8.64. The zero-order valence-corrected chi connectivity index (χ0v) is 13.4. The van der Waals surface area contributed by atoms with Gasteiger partial charge in [-0.15, -0.1) is 0 Å². The Balaban J connectivity index is 1.36. The third-order valence-electron chi connectivity index (χ3n) is 5.39. The molecule has 0 amide bonds. The third-order valence-corrected chi connectivity index (χ3v) is 5.39. The molecule has 1 N–H and O–H groups in total. The third kappa shape index (κ3) is 3.26. The lowest BCUT2D eigenvalue weighted by molar-refractivity contribution is 0.201. The first kappa shape index (κ1) is 15.1. The summed E-state index contributed by atoms with van der Waals surface area (Å²) < 4.78 is 18.8. The number of rotatable bonds is 4. The number of nitrogens with zero attached hydrogens (tertiary/aromatic N) is 2. The summed E-state index contributed by atoms with van der Waals surface area (Å²) in [5.74, 6) is 0.169. The Kier molecular flexibility index (Phi) is 4.31. The van der Waals surface area contributed by atoms with Gasteiger partial charge >= 0.3 is 0 Å². The van der Waals surface area contributed by atoms with E-state index in [4.69, 9.17) is 4.52 Å². The van der Waals surface area contributed by atoms with Gasteiger partial charge in [-0.1, -0.05) is 5.16 Å². The molecule has 2 aliphatic rings. The Hall–Kier alpha value is -1.46. The van der Waals surface area contributed by atoms with Gasteiger partial charge in [-0.2, -0.15) is 0 Å². The Morgan fingerprint density at radius 3 is 2.91 bits per heavy atom. The summed E-state index contributed by atoms with van der Waals surface area (Å²) in [6.45, 7) is 4.56. The fourth-order valence-corrected chi connectivity index (χ4v) is 4.00. The molecule has 2 saturated heterocycles. The number of piperidine rings is 1.